The van der Waals surface area contributed by atoms with Crippen LogP contribution in [0.4, 0.5) is 0 Å². The molecule has 0 aliphatic heterocycles. The summed E-state index contributed by atoms with van der Waals surface area (Å²) in [5.74, 6) is 0.897. The van der Waals surface area contributed by atoms with Gasteiger partial charge in [0.2, 0.25) is 0 Å². The van der Waals surface area contributed by atoms with E-state index in [4.69, 9.17) is 10.00 Å². The first-order valence-electron chi connectivity index (χ1n) is 6.22. The lowest BCUT2D eigenvalue weighted by molar-refractivity contribution is 0.293. The number of aromatic nitrogens is 1. The van der Waals surface area contributed by atoms with Crippen LogP contribution in [0, 0.1) is 25.2 Å². The standard InChI is InChI=1S/C14H21N3O/c1-5-7-17(8-6-15)10-13-12(3)14(18-4)11(2)9-16-13/h9H,5,7-8,10H2,1-4H3. The van der Waals surface area contributed by atoms with Crippen LogP contribution in [0.3, 0.4) is 0 Å². The first kappa shape index (κ1) is 14.5. The third-order valence-electron chi connectivity index (χ3n) is 2.96. The van der Waals surface area contributed by atoms with Crippen molar-refractivity contribution in [2.24, 2.45) is 0 Å². The quantitative estimate of drug-likeness (QED) is 0.724. The molecule has 0 N–H and O–H groups in total. The predicted octanol–water partition coefficient (Wildman–Crippen LogP) is 2.44. The first-order chi connectivity index (χ1) is 8.63. The Hall–Kier alpha value is -1.60. The Morgan fingerprint density at radius 2 is 2.17 bits per heavy atom. The molecule has 0 spiro atoms. The van der Waals surface area contributed by atoms with Crippen molar-refractivity contribution >= 4 is 0 Å². The molecule has 1 aromatic heterocycles. The largest absolute Gasteiger partial charge is 0.496 e. The number of nitrogens with zero attached hydrogens (tertiary/aromatic N) is 3. The molecule has 4 nitrogen and oxygen atoms in total. The van der Waals surface area contributed by atoms with Gasteiger partial charge in [-0.05, 0) is 26.8 Å². The molecule has 0 unspecified atom stereocenters. The highest BCUT2D eigenvalue weighted by molar-refractivity contribution is 5.41. The van der Waals surface area contributed by atoms with Crippen LogP contribution < -0.4 is 4.74 Å². The third kappa shape index (κ3) is 3.44. The number of hydrogen-bond donors (Lipinski definition) is 0. The highest BCUT2D eigenvalue weighted by atomic mass is 16.5. The lowest BCUT2D eigenvalue weighted by Gasteiger charge is -2.20. The van der Waals surface area contributed by atoms with Gasteiger partial charge in [0, 0.05) is 23.9 Å². The molecule has 1 rings (SSSR count). The second-order valence-corrected chi connectivity index (χ2v) is 4.41. The second-order valence-electron chi connectivity index (χ2n) is 4.41. The van der Waals surface area contributed by atoms with Crippen LogP contribution in [0.2, 0.25) is 0 Å². The van der Waals surface area contributed by atoms with Crippen molar-refractivity contribution in [2.75, 3.05) is 20.2 Å². The fraction of sp³-hybridized carbons (Fsp3) is 0.571. The van der Waals surface area contributed by atoms with E-state index >= 15 is 0 Å². The fourth-order valence-corrected chi connectivity index (χ4v) is 2.07. The molecule has 1 aromatic rings. The minimum absolute atomic E-state index is 0.436. The lowest BCUT2D eigenvalue weighted by atomic mass is 10.1. The summed E-state index contributed by atoms with van der Waals surface area (Å²) < 4.78 is 5.39. The molecule has 0 atom stereocenters. The number of ether oxygens (including phenoxy) is 1. The van der Waals surface area contributed by atoms with E-state index in [0.717, 1.165) is 35.5 Å². The SMILES string of the molecule is CCCN(CC#N)Cc1ncc(C)c(OC)c1C. The van der Waals surface area contributed by atoms with Crippen LogP contribution in [0.25, 0.3) is 0 Å². The van der Waals surface area contributed by atoms with Crippen molar-refractivity contribution in [3.63, 3.8) is 0 Å². The smallest absolute Gasteiger partial charge is 0.128 e. The summed E-state index contributed by atoms with van der Waals surface area (Å²) in [6.07, 6.45) is 2.86. The van der Waals surface area contributed by atoms with Crippen molar-refractivity contribution in [1.82, 2.24) is 9.88 Å². The molecule has 0 amide bonds. The number of pyridine rings is 1. The van der Waals surface area contributed by atoms with Gasteiger partial charge in [0.25, 0.3) is 0 Å². The Morgan fingerprint density at radius 3 is 2.72 bits per heavy atom. The van der Waals surface area contributed by atoms with Gasteiger partial charge in [-0.15, -0.1) is 0 Å². The Labute approximate surface area is 109 Å². The maximum Gasteiger partial charge on any atom is 0.128 e. The van der Waals surface area contributed by atoms with Gasteiger partial charge in [0.05, 0.1) is 25.4 Å². The van der Waals surface area contributed by atoms with Gasteiger partial charge in [-0.1, -0.05) is 6.92 Å². The number of nitriles is 1. The van der Waals surface area contributed by atoms with Gasteiger partial charge in [-0.3, -0.25) is 9.88 Å². The summed E-state index contributed by atoms with van der Waals surface area (Å²) in [6.45, 7) is 8.16. The predicted molar refractivity (Wildman–Crippen MR) is 71.4 cm³/mol. The van der Waals surface area contributed by atoms with Gasteiger partial charge in [0.1, 0.15) is 5.75 Å². The van der Waals surface area contributed by atoms with E-state index in [1.54, 1.807) is 7.11 Å². The molecule has 0 radical (unpaired) electrons. The summed E-state index contributed by atoms with van der Waals surface area (Å²) in [5, 5.41) is 8.82. The Morgan fingerprint density at radius 1 is 1.44 bits per heavy atom. The number of methoxy groups -OCH3 is 1. The van der Waals surface area contributed by atoms with Crippen LogP contribution in [-0.2, 0) is 6.54 Å². The van der Waals surface area contributed by atoms with E-state index in [9.17, 15) is 0 Å². The molecule has 0 fully saturated rings. The Bertz CT molecular complexity index is 437. The zero-order valence-electron chi connectivity index (χ0n) is 11.7. The van der Waals surface area contributed by atoms with E-state index < -0.39 is 0 Å². The topological polar surface area (TPSA) is 49.2 Å². The van der Waals surface area contributed by atoms with Crippen LogP contribution >= 0.6 is 0 Å². The van der Waals surface area contributed by atoms with E-state index in [1.165, 1.54) is 0 Å². The number of rotatable bonds is 6. The van der Waals surface area contributed by atoms with Gasteiger partial charge in [0.15, 0.2) is 0 Å². The molecule has 0 saturated heterocycles. The highest BCUT2D eigenvalue weighted by Gasteiger charge is 2.12. The van der Waals surface area contributed by atoms with Gasteiger partial charge in [-0.25, -0.2) is 0 Å². The van der Waals surface area contributed by atoms with Crippen molar-refractivity contribution in [3.8, 4) is 11.8 Å². The van der Waals surface area contributed by atoms with E-state index in [1.807, 2.05) is 20.0 Å². The molecular formula is C14H21N3O. The van der Waals surface area contributed by atoms with Crippen LogP contribution in [-0.4, -0.2) is 30.1 Å². The minimum atomic E-state index is 0.436. The van der Waals surface area contributed by atoms with E-state index in [-0.39, 0.29) is 0 Å². The number of aryl methyl sites for hydroxylation is 1. The highest BCUT2D eigenvalue weighted by Crippen LogP contribution is 2.24. The zero-order valence-corrected chi connectivity index (χ0v) is 11.7. The molecular weight excluding hydrogens is 226 g/mol. The van der Waals surface area contributed by atoms with Gasteiger partial charge < -0.3 is 4.74 Å². The van der Waals surface area contributed by atoms with E-state index in [2.05, 4.69) is 22.9 Å². The molecule has 0 aromatic carbocycles. The summed E-state index contributed by atoms with van der Waals surface area (Å²) in [4.78, 5) is 6.56. The molecule has 18 heavy (non-hydrogen) atoms. The fourth-order valence-electron chi connectivity index (χ4n) is 2.07. The molecule has 0 aliphatic carbocycles. The maximum atomic E-state index is 8.82. The minimum Gasteiger partial charge on any atom is -0.496 e. The molecule has 4 heteroatoms. The summed E-state index contributed by atoms with van der Waals surface area (Å²) in [7, 11) is 1.68. The zero-order chi connectivity index (χ0) is 13.5. The van der Waals surface area contributed by atoms with Crippen molar-refractivity contribution < 1.29 is 4.74 Å². The monoisotopic (exact) mass is 247 g/mol. The molecule has 0 bridgehead atoms. The maximum absolute atomic E-state index is 8.82. The van der Waals surface area contributed by atoms with Crippen molar-refractivity contribution in [3.05, 3.63) is 23.0 Å². The van der Waals surface area contributed by atoms with Crippen molar-refractivity contribution in [2.45, 2.75) is 33.7 Å². The van der Waals surface area contributed by atoms with Crippen molar-refractivity contribution in [1.29, 1.82) is 5.26 Å². The third-order valence-corrected chi connectivity index (χ3v) is 2.96. The van der Waals surface area contributed by atoms with Gasteiger partial charge in [-0.2, -0.15) is 5.26 Å². The second kappa shape index (κ2) is 6.97. The Kier molecular flexibility index (Phi) is 5.60. The van der Waals surface area contributed by atoms with Crippen LogP contribution in [0.5, 0.6) is 5.75 Å². The summed E-state index contributed by atoms with van der Waals surface area (Å²) >= 11 is 0. The summed E-state index contributed by atoms with van der Waals surface area (Å²) in [6, 6.07) is 2.20. The average Bonchev–Trinajstić information content (AvgIpc) is 2.34. The van der Waals surface area contributed by atoms with Gasteiger partial charge >= 0.3 is 0 Å². The summed E-state index contributed by atoms with van der Waals surface area (Å²) in [5.41, 5.74) is 3.10. The van der Waals surface area contributed by atoms with Crippen LogP contribution in [0.15, 0.2) is 6.20 Å². The average molecular weight is 247 g/mol. The normalized spacial score (nSPS) is 10.4. The first-order valence-corrected chi connectivity index (χ1v) is 6.22. The number of hydrogen-bond acceptors (Lipinski definition) is 4. The molecule has 1 heterocycles. The Balaban J connectivity index is 2.93. The molecule has 0 saturated carbocycles. The molecule has 98 valence electrons. The lowest BCUT2D eigenvalue weighted by Crippen LogP contribution is -2.25. The van der Waals surface area contributed by atoms with E-state index in [0.29, 0.717) is 13.1 Å². The molecule has 0 aliphatic rings. The van der Waals surface area contributed by atoms with Crippen LogP contribution in [0.1, 0.15) is 30.2 Å².